The van der Waals surface area contributed by atoms with Crippen LogP contribution in [0.25, 0.3) is 0 Å². The van der Waals surface area contributed by atoms with Crippen molar-refractivity contribution in [2.24, 2.45) is 0 Å². The summed E-state index contributed by atoms with van der Waals surface area (Å²) in [7, 11) is -1.91. The normalized spacial score (nSPS) is 12.1. The van der Waals surface area contributed by atoms with Crippen LogP contribution in [0.5, 0.6) is 5.75 Å². The Bertz CT molecular complexity index is 700. The zero-order valence-electron chi connectivity index (χ0n) is 14.3. The zero-order chi connectivity index (χ0) is 17.3. The largest absolute Gasteiger partial charge is 0.543 e. The van der Waals surface area contributed by atoms with Gasteiger partial charge in [-0.1, -0.05) is 48.8 Å². The van der Waals surface area contributed by atoms with Crippen LogP contribution in [0.2, 0.25) is 18.1 Å². The molecule has 0 unspecified atom stereocenters. The quantitative estimate of drug-likeness (QED) is 0.467. The number of hydrogen-bond donors (Lipinski definition) is 0. The molecule has 0 aliphatic carbocycles. The lowest BCUT2D eigenvalue weighted by atomic mass is 10.0. The van der Waals surface area contributed by atoms with Gasteiger partial charge in [0.2, 0.25) is 8.32 Å². The van der Waals surface area contributed by atoms with Gasteiger partial charge in [0.25, 0.3) is 0 Å². The van der Waals surface area contributed by atoms with Gasteiger partial charge in [0.1, 0.15) is 5.75 Å². The van der Waals surface area contributed by atoms with E-state index in [1.165, 1.54) is 0 Å². The van der Waals surface area contributed by atoms with Crippen molar-refractivity contribution in [3.05, 3.63) is 64.1 Å². The molecule has 2 nitrogen and oxygen atoms in total. The Balaban J connectivity index is 2.26. The van der Waals surface area contributed by atoms with Gasteiger partial charge in [0, 0.05) is 15.6 Å². The highest BCUT2D eigenvalue weighted by Gasteiger charge is 2.39. The molecule has 0 fully saturated rings. The second-order valence-electron chi connectivity index (χ2n) is 7.23. The predicted octanol–water partition coefficient (Wildman–Crippen LogP) is 6.06. The maximum absolute atomic E-state index is 12.6. The molecule has 2 aromatic rings. The first-order valence-electron chi connectivity index (χ1n) is 7.69. The van der Waals surface area contributed by atoms with Gasteiger partial charge in [-0.05, 0) is 54.5 Å². The molecule has 122 valence electrons. The lowest BCUT2D eigenvalue weighted by Crippen LogP contribution is -2.43. The third-order valence-corrected chi connectivity index (χ3v) is 9.27. The molecule has 0 spiro atoms. The van der Waals surface area contributed by atoms with E-state index >= 15 is 0 Å². The zero-order valence-corrected chi connectivity index (χ0v) is 16.9. The second kappa shape index (κ2) is 6.61. The van der Waals surface area contributed by atoms with Crippen molar-refractivity contribution in [3.8, 4) is 5.75 Å². The van der Waals surface area contributed by atoms with E-state index in [1.807, 2.05) is 48.5 Å². The van der Waals surface area contributed by atoms with Crippen molar-refractivity contribution in [2.75, 3.05) is 0 Å². The van der Waals surface area contributed by atoms with E-state index in [4.69, 9.17) is 4.43 Å². The van der Waals surface area contributed by atoms with E-state index in [0.717, 1.165) is 10.2 Å². The molecule has 0 radical (unpaired) electrons. The molecule has 0 aliphatic heterocycles. The minimum atomic E-state index is -1.91. The fraction of sp³-hybridized carbons (Fsp3) is 0.316. The molecule has 0 amide bonds. The molecular formula is C19H23BrO2Si. The Morgan fingerprint density at radius 1 is 1.00 bits per heavy atom. The van der Waals surface area contributed by atoms with Crippen LogP contribution < -0.4 is 4.43 Å². The third-order valence-electron chi connectivity index (χ3n) is 4.38. The van der Waals surface area contributed by atoms with Crippen molar-refractivity contribution in [1.82, 2.24) is 0 Å². The summed E-state index contributed by atoms with van der Waals surface area (Å²) in [5.41, 5.74) is 1.33. The average molecular weight is 391 g/mol. The smallest absolute Gasteiger partial charge is 0.250 e. The number of rotatable bonds is 4. The van der Waals surface area contributed by atoms with Gasteiger partial charge in [-0.15, -0.1) is 0 Å². The average Bonchev–Trinajstić information content (AvgIpc) is 2.46. The first-order chi connectivity index (χ1) is 10.6. The van der Waals surface area contributed by atoms with E-state index < -0.39 is 8.32 Å². The summed E-state index contributed by atoms with van der Waals surface area (Å²) < 4.78 is 7.25. The summed E-state index contributed by atoms with van der Waals surface area (Å²) in [6.45, 7) is 11.0. The van der Waals surface area contributed by atoms with Gasteiger partial charge >= 0.3 is 0 Å². The number of carbonyl (C=O) groups is 1. The van der Waals surface area contributed by atoms with Gasteiger partial charge < -0.3 is 4.43 Å². The second-order valence-corrected chi connectivity index (χ2v) is 12.9. The van der Waals surface area contributed by atoms with Gasteiger partial charge in [-0.2, -0.15) is 0 Å². The van der Waals surface area contributed by atoms with E-state index in [9.17, 15) is 4.79 Å². The van der Waals surface area contributed by atoms with Crippen LogP contribution in [-0.2, 0) is 0 Å². The summed E-state index contributed by atoms with van der Waals surface area (Å²) in [4.78, 5) is 12.6. The molecular weight excluding hydrogens is 368 g/mol. The maximum atomic E-state index is 12.6. The molecule has 0 atom stereocenters. The number of ketones is 1. The summed E-state index contributed by atoms with van der Waals surface area (Å²) >= 11 is 3.39. The molecule has 0 heterocycles. The number of halogens is 1. The molecule has 0 bridgehead atoms. The first-order valence-corrected chi connectivity index (χ1v) is 11.4. The fourth-order valence-electron chi connectivity index (χ4n) is 1.92. The molecule has 0 N–H and O–H groups in total. The van der Waals surface area contributed by atoms with Crippen LogP contribution in [0.15, 0.2) is 53.0 Å². The number of hydrogen-bond acceptors (Lipinski definition) is 2. The lowest BCUT2D eigenvalue weighted by Gasteiger charge is -2.36. The number of benzene rings is 2. The molecule has 2 rings (SSSR count). The first kappa shape index (κ1) is 18.0. The maximum Gasteiger partial charge on any atom is 0.250 e. The lowest BCUT2D eigenvalue weighted by molar-refractivity contribution is 0.103. The highest BCUT2D eigenvalue weighted by molar-refractivity contribution is 9.10. The van der Waals surface area contributed by atoms with Crippen LogP contribution in [0, 0.1) is 0 Å². The Hall–Kier alpha value is -1.39. The van der Waals surface area contributed by atoms with Crippen molar-refractivity contribution in [2.45, 2.75) is 38.9 Å². The van der Waals surface area contributed by atoms with E-state index in [2.05, 4.69) is 49.8 Å². The highest BCUT2D eigenvalue weighted by atomic mass is 79.9. The summed E-state index contributed by atoms with van der Waals surface area (Å²) in [5, 5.41) is 0.124. The van der Waals surface area contributed by atoms with Crippen molar-refractivity contribution >= 4 is 30.0 Å². The van der Waals surface area contributed by atoms with E-state index in [1.54, 1.807) is 0 Å². The van der Waals surface area contributed by atoms with Crippen molar-refractivity contribution < 1.29 is 9.22 Å². The molecule has 0 aromatic heterocycles. The Morgan fingerprint density at radius 3 is 2.17 bits per heavy atom. The fourth-order valence-corrected chi connectivity index (χ4v) is 3.20. The third kappa shape index (κ3) is 4.33. The van der Waals surface area contributed by atoms with Crippen LogP contribution in [-0.4, -0.2) is 14.1 Å². The highest BCUT2D eigenvalue weighted by Crippen LogP contribution is 2.37. The van der Waals surface area contributed by atoms with Gasteiger partial charge in [0.15, 0.2) is 5.78 Å². The monoisotopic (exact) mass is 390 g/mol. The predicted molar refractivity (Wildman–Crippen MR) is 102 cm³/mol. The van der Waals surface area contributed by atoms with Gasteiger partial charge in [0.05, 0.1) is 0 Å². The minimum Gasteiger partial charge on any atom is -0.543 e. The van der Waals surface area contributed by atoms with E-state index in [0.29, 0.717) is 11.1 Å². The molecule has 0 saturated heterocycles. The SMILES string of the molecule is CC(C)(C)[Si](C)(C)Oc1cccc(C(=O)c2ccc(Br)cc2)c1. The topological polar surface area (TPSA) is 26.3 Å². The van der Waals surface area contributed by atoms with Crippen molar-refractivity contribution in [1.29, 1.82) is 0 Å². The van der Waals surface area contributed by atoms with Gasteiger partial charge in [-0.25, -0.2) is 0 Å². The molecule has 2 aromatic carbocycles. The van der Waals surface area contributed by atoms with Crippen LogP contribution in [0.4, 0.5) is 0 Å². The van der Waals surface area contributed by atoms with Crippen LogP contribution in [0.3, 0.4) is 0 Å². The van der Waals surface area contributed by atoms with Gasteiger partial charge in [-0.3, -0.25) is 4.79 Å². The number of carbonyl (C=O) groups excluding carboxylic acids is 1. The molecule has 23 heavy (non-hydrogen) atoms. The standard InChI is InChI=1S/C19H23BrO2Si/c1-19(2,3)23(4,5)22-17-8-6-7-15(13-17)18(21)14-9-11-16(20)12-10-14/h6-13H,1-5H3. The Labute approximate surface area is 148 Å². The minimum absolute atomic E-state index is 0.0122. The van der Waals surface area contributed by atoms with Crippen LogP contribution >= 0.6 is 15.9 Å². The van der Waals surface area contributed by atoms with E-state index in [-0.39, 0.29) is 10.8 Å². The molecule has 4 heteroatoms. The summed E-state index contributed by atoms with van der Waals surface area (Å²) in [6.07, 6.45) is 0. The van der Waals surface area contributed by atoms with Crippen molar-refractivity contribution in [3.63, 3.8) is 0 Å². The summed E-state index contributed by atoms with van der Waals surface area (Å²) in [5.74, 6) is 0.790. The molecule has 0 saturated carbocycles. The Morgan fingerprint density at radius 2 is 1.61 bits per heavy atom. The summed E-state index contributed by atoms with van der Waals surface area (Å²) in [6, 6.07) is 14.9. The Kier molecular flexibility index (Phi) is 5.16. The van der Waals surface area contributed by atoms with Crippen LogP contribution in [0.1, 0.15) is 36.7 Å². The molecule has 0 aliphatic rings.